The number of para-hydroxylation sites is 1. The minimum atomic E-state index is -0.0530. The molecule has 0 bridgehead atoms. The van der Waals surface area contributed by atoms with Crippen LogP contribution >= 0.6 is 11.6 Å². The Morgan fingerprint density at radius 3 is 2.50 bits per heavy atom. The Morgan fingerprint density at radius 1 is 1.28 bits per heavy atom. The van der Waals surface area contributed by atoms with Crippen LogP contribution in [0.2, 0.25) is 5.02 Å². The zero-order valence-corrected chi connectivity index (χ0v) is 11.6. The van der Waals surface area contributed by atoms with Crippen LogP contribution in [0, 0.1) is 0 Å². The van der Waals surface area contributed by atoms with Crippen LogP contribution in [-0.2, 0) is 0 Å². The average Bonchev–Trinajstić information content (AvgIpc) is 2.32. The molecule has 1 saturated heterocycles. The number of carbonyl (C=O) groups is 1. The van der Waals surface area contributed by atoms with Gasteiger partial charge in [0, 0.05) is 12.1 Å². The van der Waals surface area contributed by atoms with E-state index in [1.54, 1.807) is 6.07 Å². The zero-order valence-electron chi connectivity index (χ0n) is 10.8. The van der Waals surface area contributed by atoms with Crippen LogP contribution in [0.25, 0.3) is 0 Å². The summed E-state index contributed by atoms with van der Waals surface area (Å²) >= 11 is 6.05. The van der Waals surface area contributed by atoms with Crippen molar-refractivity contribution >= 4 is 23.3 Å². The van der Waals surface area contributed by atoms with Crippen molar-refractivity contribution in [3.05, 3.63) is 29.3 Å². The van der Waals surface area contributed by atoms with Gasteiger partial charge in [-0.25, -0.2) is 4.79 Å². The molecular weight excluding hydrogens is 248 g/mol. The maximum absolute atomic E-state index is 12.3. The molecule has 98 valence electrons. The molecular formula is C14H19ClN2O. The van der Waals surface area contributed by atoms with Gasteiger partial charge in [-0.15, -0.1) is 0 Å². The number of carbonyl (C=O) groups excluding carboxylic acids is 1. The maximum atomic E-state index is 12.3. The summed E-state index contributed by atoms with van der Waals surface area (Å²) in [5.41, 5.74) is 0.675. The largest absolute Gasteiger partial charge is 0.322 e. The highest BCUT2D eigenvalue weighted by Gasteiger charge is 2.29. The van der Waals surface area contributed by atoms with E-state index in [-0.39, 0.29) is 18.1 Å². The first-order valence-electron chi connectivity index (χ1n) is 6.43. The van der Waals surface area contributed by atoms with Crippen molar-refractivity contribution < 1.29 is 4.79 Å². The van der Waals surface area contributed by atoms with Gasteiger partial charge in [0.05, 0.1) is 10.7 Å². The highest BCUT2D eigenvalue weighted by molar-refractivity contribution is 6.33. The van der Waals surface area contributed by atoms with Crippen LogP contribution < -0.4 is 5.32 Å². The number of likely N-dealkylation sites (tertiary alicyclic amines) is 1. The molecule has 1 fully saturated rings. The molecule has 2 atom stereocenters. The Bertz CT molecular complexity index is 426. The van der Waals surface area contributed by atoms with Gasteiger partial charge in [0.15, 0.2) is 0 Å². The second-order valence-electron chi connectivity index (χ2n) is 4.95. The van der Waals surface area contributed by atoms with Crippen molar-refractivity contribution in [2.75, 3.05) is 5.32 Å². The molecule has 0 saturated carbocycles. The Hall–Kier alpha value is -1.22. The van der Waals surface area contributed by atoms with Crippen molar-refractivity contribution in [3.63, 3.8) is 0 Å². The first-order chi connectivity index (χ1) is 8.59. The van der Waals surface area contributed by atoms with E-state index in [4.69, 9.17) is 11.6 Å². The number of hydrogen-bond donors (Lipinski definition) is 1. The number of urea groups is 1. The van der Waals surface area contributed by atoms with Crippen LogP contribution in [0.3, 0.4) is 0 Å². The van der Waals surface area contributed by atoms with Gasteiger partial charge in [0.2, 0.25) is 0 Å². The Kier molecular flexibility index (Phi) is 4.12. The molecule has 4 heteroatoms. The molecule has 1 N–H and O–H groups in total. The standard InChI is InChI=1S/C14H19ClN2O/c1-10-6-5-7-11(2)17(10)14(18)16-13-9-4-3-8-12(13)15/h3-4,8-11H,5-7H2,1-2H3,(H,16,18)/t10-,11-/m1/s1. The lowest BCUT2D eigenvalue weighted by atomic mass is 9.98. The minimum absolute atomic E-state index is 0.0530. The minimum Gasteiger partial charge on any atom is -0.319 e. The number of benzene rings is 1. The van der Waals surface area contributed by atoms with Gasteiger partial charge in [0.25, 0.3) is 0 Å². The van der Waals surface area contributed by atoms with Gasteiger partial charge in [-0.2, -0.15) is 0 Å². The first kappa shape index (κ1) is 13.2. The van der Waals surface area contributed by atoms with E-state index in [1.165, 1.54) is 6.42 Å². The lowest BCUT2D eigenvalue weighted by Gasteiger charge is -2.38. The Balaban J connectivity index is 2.09. The van der Waals surface area contributed by atoms with Crippen LogP contribution in [0.5, 0.6) is 0 Å². The SMILES string of the molecule is C[C@@H]1CCC[C@@H](C)N1C(=O)Nc1ccccc1Cl. The molecule has 0 radical (unpaired) electrons. The summed E-state index contributed by atoms with van der Waals surface area (Å²) in [5, 5.41) is 3.47. The van der Waals surface area contributed by atoms with Crippen molar-refractivity contribution in [2.24, 2.45) is 0 Å². The van der Waals surface area contributed by atoms with Gasteiger partial charge >= 0.3 is 6.03 Å². The lowest BCUT2D eigenvalue weighted by Crippen LogP contribution is -2.49. The summed E-state index contributed by atoms with van der Waals surface area (Å²) in [5.74, 6) is 0. The number of hydrogen-bond acceptors (Lipinski definition) is 1. The molecule has 1 aliphatic rings. The van der Waals surface area contributed by atoms with Gasteiger partial charge in [-0.05, 0) is 45.2 Å². The molecule has 1 aromatic rings. The second-order valence-corrected chi connectivity index (χ2v) is 5.35. The number of nitrogens with one attached hydrogen (secondary N) is 1. The molecule has 0 spiro atoms. The monoisotopic (exact) mass is 266 g/mol. The smallest absolute Gasteiger partial charge is 0.319 e. The molecule has 1 aliphatic heterocycles. The van der Waals surface area contributed by atoms with Gasteiger partial charge in [-0.1, -0.05) is 23.7 Å². The number of halogens is 1. The number of rotatable bonds is 1. The highest BCUT2D eigenvalue weighted by Crippen LogP contribution is 2.25. The Morgan fingerprint density at radius 2 is 1.89 bits per heavy atom. The molecule has 0 aliphatic carbocycles. The topological polar surface area (TPSA) is 32.3 Å². The fourth-order valence-electron chi connectivity index (χ4n) is 2.56. The molecule has 2 amide bonds. The fourth-order valence-corrected chi connectivity index (χ4v) is 2.75. The van der Waals surface area contributed by atoms with Crippen molar-refractivity contribution in [3.8, 4) is 0 Å². The van der Waals surface area contributed by atoms with Gasteiger partial charge in [0.1, 0.15) is 0 Å². The van der Waals surface area contributed by atoms with Crippen LogP contribution in [0.1, 0.15) is 33.1 Å². The summed E-state index contributed by atoms with van der Waals surface area (Å²) in [6.45, 7) is 4.20. The molecule has 1 heterocycles. The predicted molar refractivity (Wildman–Crippen MR) is 75.1 cm³/mol. The van der Waals surface area contributed by atoms with E-state index >= 15 is 0 Å². The number of anilines is 1. The molecule has 3 nitrogen and oxygen atoms in total. The second kappa shape index (κ2) is 5.61. The normalized spacial score (nSPS) is 23.8. The molecule has 2 rings (SSSR count). The summed E-state index contributed by atoms with van der Waals surface area (Å²) in [6.07, 6.45) is 3.33. The van der Waals surface area contributed by atoms with E-state index in [2.05, 4.69) is 19.2 Å². The first-order valence-corrected chi connectivity index (χ1v) is 6.81. The van der Waals surface area contributed by atoms with Crippen LogP contribution in [0.15, 0.2) is 24.3 Å². The van der Waals surface area contributed by atoms with Crippen LogP contribution in [-0.4, -0.2) is 23.0 Å². The maximum Gasteiger partial charge on any atom is 0.322 e. The predicted octanol–water partition coefficient (Wildman–Crippen LogP) is 4.13. The zero-order chi connectivity index (χ0) is 13.1. The van der Waals surface area contributed by atoms with E-state index in [0.717, 1.165) is 12.8 Å². The summed E-state index contributed by atoms with van der Waals surface area (Å²) in [4.78, 5) is 14.2. The van der Waals surface area contributed by atoms with Crippen molar-refractivity contribution in [1.29, 1.82) is 0 Å². The lowest BCUT2D eigenvalue weighted by molar-refractivity contribution is 0.133. The van der Waals surface area contributed by atoms with E-state index < -0.39 is 0 Å². The number of nitrogens with zero attached hydrogens (tertiary/aromatic N) is 1. The third kappa shape index (κ3) is 2.78. The summed E-state index contributed by atoms with van der Waals surface area (Å²) in [6, 6.07) is 7.84. The van der Waals surface area contributed by atoms with Gasteiger partial charge < -0.3 is 10.2 Å². The quantitative estimate of drug-likeness (QED) is 0.814. The van der Waals surface area contributed by atoms with E-state index in [1.807, 2.05) is 23.1 Å². The summed E-state index contributed by atoms with van der Waals surface area (Å²) < 4.78 is 0. The number of piperidine rings is 1. The molecule has 0 aromatic heterocycles. The molecule has 1 aromatic carbocycles. The van der Waals surface area contributed by atoms with Crippen molar-refractivity contribution in [2.45, 2.75) is 45.2 Å². The number of amides is 2. The summed E-state index contributed by atoms with van der Waals surface area (Å²) in [7, 11) is 0. The highest BCUT2D eigenvalue weighted by atomic mass is 35.5. The average molecular weight is 267 g/mol. The van der Waals surface area contributed by atoms with E-state index in [9.17, 15) is 4.79 Å². The fraction of sp³-hybridized carbons (Fsp3) is 0.500. The third-order valence-corrected chi connectivity index (χ3v) is 3.87. The van der Waals surface area contributed by atoms with Crippen molar-refractivity contribution in [1.82, 2.24) is 4.90 Å². The Labute approximate surface area is 113 Å². The van der Waals surface area contributed by atoms with Crippen LogP contribution in [0.4, 0.5) is 10.5 Å². The third-order valence-electron chi connectivity index (χ3n) is 3.54. The van der Waals surface area contributed by atoms with Gasteiger partial charge in [-0.3, -0.25) is 0 Å². The molecule has 18 heavy (non-hydrogen) atoms. The van der Waals surface area contributed by atoms with E-state index in [0.29, 0.717) is 10.7 Å². The molecule has 0 unspecified atom stereocenters.